The van der Waals surface area contributed by atoms with E-state index in [0.29, 0.717) is 0 Å². The number of hydrogen-bond acceptors (Lipinski definition) is 1. The van der Waals surface area contributed by atoms with Crippen molar-refractivity contribution in [2.75, 3.05) is 7.11 Å². The second-order valence-corrected chi connectivity index (χ2v) is 4.36. The zero-order valence-corrected chi connectivity index (χ0v) is 8.02. The fourth-order valence-electron chi connectivity index (χ4n) is 1.39. The van der Waals surface area contributed by atoms with Crippen LogP contribution in [-0.2, 0) is 0 Å². The second kappa shape index (κ2) is 2.88. The SMILES string of the molecule is CO[s+]1cc(C)c2ccccc21. The van der Waals surface area contributed by atoms with Crippen LogP contribution < -0.4 is 4.18 Å². The molecule has 0 amide bonds. The summed E-state index contributed by atoms with van der Waals surface area (Å²) in [6.07, 6.45) is 0. The van der Waals surface area contributed by atoms with Crippen LogP contribution in [0.5, 0.6) is 0 Å². The molecule has 0 N–H and O–H groups in total. The zero-order valence-electron chi connectivity index (χ0n) is 7.20. The molecule has 0 aliphatic rings. The van der Waals surface area contributed by atoms with E-state index in [1.54, 1.807) is 7.11 Å². The van der Waals surface area contributed by atoms with E-state index < -0.39 is 0 Å². The summed E-state index contributed by atoms with van der Waals surface area (Å²) in [6, 6.07) is 8.41. The Labute approximate surface area is 74.8 Å². The lowest BCUT2D eigenvalue weighted by atomic mass is 10.2. The fourth-order valence-corrected chi connectivity index (χ4v) is 2.90. The predicted molar refractivity (Wildman–Crippen MR) is 53.7 cm³/mol. The average Bonchev–Trinajstić information content (AvgIpc) is 2.44. The lowest BCUT2D eigenvalue weighted by molar-refractivity contribution is 0.552. The van der Waals surface area contributed by atoms with Crippen molar-refractivity contribution in [1.29, 1.82) is 0 Å². The fraction of sp³-hybridized carbons (Fsp3) is 0.200. The molecule has 0 fully saturated rings. The van der Waals surface area contributed by atoms with Crippen molar-refractivity contribution in [2.24, 2.45) is 0 Å². The van der Waals surface area contributed by atoms with Gasteiger partial charge in [-0.1, -0.05) is 12.1 Å². The maximum Gasteiger partial charge on any atom is 0.217 e. The van der Waals surface area contributed by atoms with Crippen molar-refractivity contribution in [3.63, 3.8) is 0 Å². The highest BCUT2D eigenvalue weighted by Gasteiger charge is 2.14. The molecule has 12 heavy (non-hydrogen) atoms. The molecule has 1 atom stereocenters. The molecule has 1 heterocycles. The van der Waals surface area contributed by atoms with Crippen molar-refractivity contribution in [3.8, 4) is 0 Å². The van der Waals surface area contributed by atoms with Gasteiger partial charge in [0, 0.05) is 17.0 Å². The summed E-state index contributed by atoms with van der Waals surface area (Å²) in [5, 5.41) is 3.52. The van der Waals surface area contributed by atoms with E-state index in [9.17, 15) is 0 Å². The van der Waals surface area contributed by atoms with Crippen molar-refractivity contribution >= 4 is 20.8 Å². The molecular weight excluding hydrogens is 168 g/mol. The molecule has 2 rings (SSSR count). The van der Waals surface area contributed by atoms with E-state index in [1.807, 2.05) is 0 Å². The molecular formula is C10H11OS+. The van der Waals surface area contributed by atoms with Gasteiger partial charge in [-0.2, -0.15) is 4.18 Å². The molecule has 1 nitrogen and oxygen atoms in total. The first-order chi connectivity index (χ1) is 5.83. The lowest BCUT2D eigenvalue weighted by Crippen LogP contribution is -1.76. The van der Waals surface area contributed by atoms with Crippen LogP contribution in [0.1, 0.15) is 5.56 Å². The van der Waals surface area contributed by atoms with Gasteiger partial charge in [-0.05, 0) is 13.0 Å². The van der Waals surface area contributed by atoms with Gasteiger partial charge in [0.15, 0.2) is 5.38 Å². The molecule has 2 aromatic rings. The van der Waals surface area contributed by atoms with Crippen molar-refractivity contribution in [2.45, 2.75) is 6.92 Å². The first-order valence-electron chi connectivity index (χ1n) is 3.88. The molecule has 0 bridgehead atoms. The summed E-state index contributed by atoms with van der Waals surface area (Å²) < 4.78 is 6.68. The Hall–Kier alpha value is -0.860. The maximum absolute atomic E-state index is 5.36. The van der Waals surface area contributed by atoms with Crippen LogP contribution in [0.2, 0.25) is 0 Å². The maximum atomic E-state index is 5.36. The average molecular weight is 179 g/mol. The molecule has 1 aromatic heterocycles. The highest BCUT2D eigenvalue weighted by atomic mass is 32.2. The lowest BCUT2D eigenvalue weighted by Gasteiger charge is -1.84. The second-order valence-electron chi connectivity index (χ2n) is 2.76. The molecule has 0 spiro atoms. The quantitative estimate of drug-likeness (QED) is 0.611. The molecule has 1 unspecified atom stereocenters. The highest BCUT2D eigenvalue weighted by Crippen LogP contribution is 2.32. The van der Waals surface area contributed by atoms with E-state index in [1.165, 1.54) is 15.6 Å². The monoisotopic (exact) mass is 179 g/mol. The van der Waals surface area contributed by atoms with Crippen LogP contribution in [0, 0.1) is 6.92 Å². The summed E-state index contributed by atoms with van der Waals surface area (Å²) in [7, 11) is 1.66. The highest BCUT2D eigenvalue weighted by molar-refractivity contribution is 7.31. The minimum absolute atomic E-state index is 0.101. The number of benzene rings is 1. The van der Waals surface area contributed by atoms with E-state index >= 15 is 0 Å². The molecule has 0 aliphatic carbocycles. The molecule has 0 saturated carbocycles. The standard InChI is InChI=1S/C10H11OS/c1-8-7-12(11-2)10-6-4-3-5-9(8)10/h3-7H,1-2H3/q+1. The topological polar surface area (TPSA) is 9.23 Å². The Morgan fingerprint density at radius 2 is 2.00 bits per heavy atom. The smallest absolute Gasteiger partial charge is 0.153 e. The van der Waals surface area contributed by atoms with Gasteiger partial charge in [-0.15, -0.1) is 0 Å². The van der Waals surface area contributed by atoms with E-state index in [0.717, 1.165) is 0 Å². The molecule has 1 aromatic carbocycles. The van der Waals surface area contributed by atoms with Crippen LogP contribution in [0.15, 0.2) is 29.6 Å². The van der Waals surface area contributed by atoms with Crippen molar-refractivity contribution in [3.05, 3.63) is 35.2 Å². The first kappa shape index (κ1) is 7.77. The van der Waals surface area contributed by atoms with Crippen LogP contribution in [0.25, 0.3) is 10.1 Å². The van der Waals surface area contributed by atoms with Gasteiger partial charge < -0.3 is 0 Å². The van der Waals surface area contributed by atoms with E-state index in [2.05, 4.69) is 36.6 Å². The van der Waals surface area contributed by atoms with Crippen molar-refractivity contribution in [1.82, 2.24) is 0 Å². The Bertz CT molecular complexity index is 403. The largest absolute Gasteiger partial charge is 0.217 e. The summed E-state index contributed by atoms with van der Waals surface area (Å²) in [5.41, 5.74) is 1.33. The van der Waals surface area contributed by atoms with Crippen LogP contribution in [0.4, 0.5) is 0 Å². The number of aryl methyl sites for hydroxylation is 1. The Kier molecular flexibility index (Phi) is 1.87. The Balaban J connectivity index is 2.82. The van der Waals surface area contributed by atoms with Gasteiger partial charge in [0.2, 0.25) is 4.70 Å². The van der Waals surface area contributed by atoms with Crippen LogP contribution >= 0.6 is 10.8 Å². The normalized spacial score (nSPS) is 12.3. The minimum atomic E-state index is -0.101. The number of rotatable bonds is 1. The van der Waals surface area contributed by atoms with Crippen molar-refractivity contribution < 1.29 is 4.18 Å². The summed E-state index contributed by atoms with van der Waals surface area (Å²) in [6.45, 7) is 2.13. The molecule has 0 aliphatic heterocycles. The zero-order chi connectivity index (χ0) is 8.55. The third kappa shape index (κ3) is 1.04. The number of thiophene rings is 1. The van der Waals surface area contributed by atoms with E-state index in [-0.39, 0.29) is 10.8 Å². The molecule has 2 heteroatoms. The Morgan fingerprint density at radius 3 is 2.75 bits per heavy atom. The molecule has 62 valence electrons. The van der Waals surface area contributed by atoms with E-state index in [4.69, 9.17) is 4.18 Å². The van der Waals surface area contributed by atoms with Gasteiger partial charge in [0.1, 0.15) is 10.8 Å². The van der Waals surface area contributed by atoms with Gasteiger partial charge in [0.05, 0.1) is 7.11 Å². The Morgan fingerprint density at radius 1 is 1.25 bits per heavy atom. The summed E-state index contributed by atoms with van der Waals surface area (Å²) >= 11 is 0. The predicted octanol–water partition coefficient (Wildman–Crippen LogP) is 2.96. The van der Waals surface area contributed by atoms with Crippen LogP contribution in [0.3, 0.4) is 0 Å². The number of hydrogen-bond donors (Lipinski definition) is 0. The third-order valence-corrected chi connectivity index (χ3v) is 3.71. The minimum Gasteiger partial charge on any atom is -0.153 e. The number of fused-ring (bicyclic) bond motifs is 1. The molecule has 0 saturated heterocycles. The van der Waals surface area contributed by atoms with Gasteiger partial charge in [-0.25, -0.2) is 0 Å². The summed E-state index contributed by atoms with van der Waals surface area (Å²) in [4.78, 5) is 0. The van der Waals surface area contributed by atoms with Crippen LogP contribution in [-0.4, -0.2) is 7.11 Å². The van der Waals surface area contributed by atoms with Gasteiger partial charge >= 0.3 is 0 Å². The summed E-state index contributed by atoms with van der Waals surface area (Å²) in [5.74, 6) is 0. The van der Waals surface area contributed by atoms with Gasteiger partial charge in [-0.3, -0.25) is 0 Å². The third-order valence-electron chi connectivity index (χ3n) is 1.99. The van der Waals surface area contributed by atoms with Gasteiger partial charge in [0.25, 0.3) is 0 Å². The molecule has 0 radical (unpaired) electrons. The first-order valence-corrected chi connectivity index (χ1v) is 5.09.